The fourth-order valence-electron chi connectivity index (χ4n) is 1.64. The lowest BCUT2D eigenvalue weighted by molar-refractivity contribution is 0.0949. The first-order valence-corrected chi connectivity index (χ1v) is 5.89. The first-order chi connectivity index (χ1) is 9.15. The number of aromatic nitrogens is 1. The van der Waals surface area contributed by atoms with Gasteiger partial charge in [-0.3, -0.25) is 4.79 Å². The molecule has 19 heavy (non-hydrogen) atoms. The molecule has 3 N–H and O–H groups in total. The van der Waals surface area contributed by atoms with Gasteiger partial charge in [0.05, 0.1) is 11.9 Å². The van der Waals surface area contributed by atoms with Gasteiger partial charge in [-0.05, 0) is 36.2 Å². The summed E-state index contributed by atoms with van der Waals surface area (Å²) in [6, 6.07) is 9.49. The third-order valence-corrected chi connectivity index (χ3v) is 2.61. The molecule has 0 aliphatic heterocycles. The molecule has 0 unspecified atom stereocenters. The molecule has 0 aliphatic carbocycles. The molecular weight excluding hydrogens is 245 g/mol. The lowest BCUT2D eigenvalue weighted by Gasteiger charge is -2.05. The summed E-state index contributed by atoms with van der Waals surface area (Å²) in [5, 5.41) is 2.72. The molecule has 0 radical (unpaired) electrons. The van der Waals surface area contributed by atoms with Gasteiger partial charge in [0.15, 0.2) is 0 Å². The van der Waals surface area contributed by atoms with E-state index >= 15 is 0 Å². The molecule has 4 nitrogen and oxygen atoms in total. The number of rotatable bonds is 4. The molecule has 0 aliphatic rings. The Kier molecular flexibility index (Phi) is 4.07. The number of hydrogen-bond acceptors (Lipinski definition) is 3. The molecule has 2 aromatic rings. The van der Waals surface area contributed by atoms with Crippen molar-refractivity contribution in [3.8, 4) is 0 Å². The standard InChI is InChI=1S/C14H14FN3O/c15-11-3-1-2-10(8-11)6-7-17-14(19)13-5-4-12(16)9-18-13/h1-5,8-9H,6-7,16H2,(H,17,19). The van der Waals surface area contributed by atoms with Crippen LogP contribution in [0, 0.1) is 5.82 Å². The van der Waals surface area contributed by atoms with Gasteiger partial charge in [-0.15, -0.1) is 0 Å². The van der Waals surface area contributed by atoms with Crippen molar-refractivity contribution in [2.75, 3.05) is 12.3 Å². The Labute approximate surface area is 110 Å². The van der Waals surface area contributed by atoms with Crippen LogP contribution in [0.3, 0.4) is 0 Å². The minimum atomic E-state index is -0.274. The van der Waals surface area contributed by atoms with Crippen LogP contribution >= 0.6 is 0 Å². The molecule has 0 saturated heterocycles. The summed E-state index contributed by atoms with van der Waals surface area (Å²) in [5.41, 5.74) is 7.15. The van der Waals surface area contributed by atoms with Gasteiger partial charge in [0.25, 0.3) is 5.91 Å². The number of pyridine rings is 1. The van der Waals surface area contributed by atoms with E-state index in [1.807, 2.05) is 6.07 Å². The van der Waals surface area contributed by atoms with Crippen LogP contribution in [-0.4, -0.2) is 17.4 Å². The van der Waals surface area contributed by atoms with Crippen LogP contribution in [0.15, 0.2) is 42.6 Å². The van der Waals surface area contributed by atoms with E-state index in [9.17, 15) is 9.18 Å². The number of nitrogens with two attached hydrogens (primary N) is 1. The van der Waals surface area contributed by atoms with Crippen LogP contribution in [0.25, 0.3) is 0 Å². The number of hydrogen-bond donors (Lipinski definition) is 2. The lowest BCUT2D eigenvalue weighted by atomic mass is 10.1. The second-order valence-electron chi connectivity index (χ2n) is 4.11. The first kappa shape index (κ1) is 13.0. The van der Waals surface area contributed by atoms with Crippen LogP contribution < -0.4 is 11.1 Å². The Morgan fingerprint density at radius 1 is 1.32 bits per heavy atom. The number of carbonyl (C=O) groups excluding carboxylic acids is 1. The topological polar surface area (TPSA) is 68.0 Å². The summed E-state index contributed by atoms with van der Waals surface area (Å²) in [6.45, 7) is 0.425. The fraction of sp³-hybridized carbons (Fsp3) is 0.143. The Hall–Kier alpha value is -2.43. The van der Waals surface area contributed by atoms with E-state index in [1.165, 1.54) is 18.3 Å². The molecule has 1 aromatic carbocycles. The largest absolute Gasteiger partial charge is 0.397 e. The van der Waals surface area contributed by atoms with Gasteiger partial charge < -0.3 is 11.1 Å². The Morgan fingerprint density at radius 3 is 2.84 bits per heavy atom. The molecular formula is C14H14FN3O. The number of nitrogen functional groups attached to an aromatic ring is 1. The van der Waals surface area contributed by atoms with Crippen molar-refractivity contribution >= 4 is 11.6 Å². The second-order valence-corrected chi connectivity index (χ2v) is 4.11. The number of benzene rings is 1. The van der Waals surface area contributed by atoms with E-state index in [1.54, 1.807) is 18.2 Å². The van der Waals surface area contributed by atoms with Gasteiger partial charge in [0.2, 0.25) is 0 Å². The van der Waals surface area contributed by atoms with Crippen molar-refractivity contribution in [3.63, 3.8) is 0 Å². The monoisotopic (exact) mass is 259 g/mol. The lowest BCUT2D eigenvalue weighted by Crippen LogP contribution is -2.26. The highest BCUT2D eigenvalue weighted by Gasteiger charge is 2.05. The molecule has 0 atom stereocenters. The van der Waals surface area contributed by atoms with Crippen molar-refractivity contribution in [1.29, 1.82) is 0 Å². The highest BCUT2D eigenvalue weighted by atomic mass is 19.1. The van der Waals surface area contributed by atoms with Gasteiger partial charge >= 0.3 is 0 Å². The van der Waals surface area contributed by atoms with E-state index in [0.29, 0.717) is 24.3 Å². The normalized spacial score (nSPS) is 10.2. The summed E-state index contributed by atoms with van der Waals surface area (Å²) in [7, 11) is 0. The van der Waals surface area contributed by atoms with Gasteiger partial charge in [-0.1, -0.05) is 12.1 Å². The van der Waals surface area contributed by atoms with Crippen molar-refractivity contribution in [2.45, 2.75) is 6.42 Å². The summed E-state index contributed by atoms with van der Waals surface area (Å²) < 4.78 is 12.9. The SMILES string of the molecule is Nc1ccc(C(=O)NCCc2cccc(F)c2)nc1. The highest BCUT2D eigenvalue weighted by Crippen LogP contribution is 2.04. The quantitative estimate of drug-likeness (QED) is 0.879. The second kappa shape index (κ2) is 5.95. The maximum absolute atomic E-state index is 12.9. The molecule has 0 spiro atoms. The van der Waals surface area contributed by atoms with Crippen molar-refractivity contribution in [3.05, 3.63) is 59.7 Å². The summed E-state index contributed by atoms with van der Waals surface area (Å²) in [6.07, 6.45) is 2.00. The molecule has 0 fully saturated rings. The molecule has 1 aromatic heterocycles. The number of amides is 1. The summed E-state index contributed by atoms with van der Waals surface area (Å²) >= 11 is 0. The number of nitrogens with zero attached hydrogens (tertiary/aromatic N) is 1. The third-order valence-electron chi connectivity index (χ3n) is 2.61. The average Bonchev–Trinajstić information content (AvgIpc) is 2.39. The van der Waals surface area contributed by atoms with Crippen LogP contribution in [-0.2, 0) is 6.42 Å². The maximum atomic E-state index is 12.9. The van der Waals surface area contributed by atoms with Crippen molar-refractivity contribution in [1.82, 2.24) is 10.3 Å². The fourth-order valence-corrected chi connectivity index (χ4v) is 1.64. The van der Waals surface area contributed by atoms with Crippen LogP contribution in [0.5, 0.6) is 0 Å². The minimum Gasteiger partial charge on any atom is -0.397 e. The molecule has 98 valence electrons. The molecule has 5 heteroatoms. The molecule has 2 rings (SSSR count). The van der Waals surface area contributed by atoms with Gasteiger partial charge in [-0.25, -0.2) is 9.37 Å². The van der Waals surface area contributed by atoms with Gasteiger partial charge in [-0.2, -0.15) is 0 Å². The highest BCUT2D eigenvalue weighted by molar-refractivity contribution is 5.92. The molecule has 1 amide bonds. The zero-order valence-electron chi connectivity index (χ0n) is 10.3. The van der Waals surface area contributed by atoms with E-state index in [2.05, 4.69) is 10.3 Å². The Balaban J connectivity index is 1.86. The molecule has 0 saturated carbocycles. The van der Waals surface area contributed by atoms with Crippen molar-refractivity contribution in [2.24, 2.45) is 0 Å². The zero-order chi connectivity index (χ0) is 13.7. The molecule has 0 bridgehead atoms. The minimum absolute atomic E-state index is 0.267. The van der Waals surface area contributed by atoms with Crippen LogP contribution in [0.2, 0.25) is 0 Å². The first-order valence-electron chi connectivity index (χ1n) is 5.89. The van der Waals surface area contributed by atoms with E-state index in [4.69, 9.17) is 5.73 Å². The number of halogens is 1. The Morgan fingerprint density at radius 2 is 2.16 bits per heavy atom. The summed E-state index contributed by atoms with van der Waals surface area (Å²) in [5.74, 6) is -0.541. The number of anilines is 1. The third kappa shape index (κ3) is 3.77. The maximum Gasteiger partial charge on any atom is 0.269 e. The van der Waals surface area contributed by atoms with Crippen LogP contribution in [0.1, 0.15) is 16.1 Å². The van der Waals surface area contributed by atoms with Crippen molar-refractivity contribution < 1.29 is 9.18 Å². The Bertz CT molecular complexity index is 569. The predicted molar refractivity (Wildman–Crippen MR) is 71.1 cm³/mol. The summed E-state index contributed by atoms with van der Waals surface area (Å²) in [4.78, 5) is 15.6. The van der Waals surface area contributed by atoms with E-state index in [0.717, 1.165) is 5.56 Å². The van der Waals surface area contributed by atoms with Gasteiger partial charge in [0, 0.05) is 6.54 Å². The predicted octanol–water partition coefficient (Wildman–Crippen LogP) is 1.78. The van der Waals surface area contributed by atoms with E-state index < -0.39 is 0 Å². The number of nitrogens with one attached hydrogen (secondary N) is 1. The number of carbonyl (C=O) groups is 1. The van der Waals surface area contributed by atoms with Crippen LogP contribution in [0.4, 0.5) is 10.1 Å². The molecule has 1 heterocycles. The van der Waals surface area contributed by atoms with E-state index in [-0.39, 0.29) is 11.7 Å². The average molecular weight is 259 g/mol. The smallest absolute Gasteiger partial charge is 0.269 e. The van der Waals surface area contributed by atoms with Gasteiger partial charge in [0.1, 0.15) is 11.5 Å². The zero-order valence-corrected chi connectivity index (χ0v) is 10.3.